The van der Waals surface area contributed by atoms with Gasteiger partial charge in [-0.05, 0) is 141 Å². The van der Waals surface area contributed by atoms with Crippen LogP contribution in [0.25, 0.3) is 105 Å². The van der Waals surface area contributed by atoms with E-state index in [2.05, 4.69) is 202 Å². The molecule has 0 unspecified atom stereocenters. The fourth-order valence-electron chi connectivity index (χ4n) is 10.2. The lowest BCUT2D eigenvalue weighted by molar-refractivity contribution is 0.668. The van der Waals surface area contributed by atoms with E-state index in [4.69, 9.17) is 11.0 Å². The monoisotopic (exact) mass is 764 g/mol. The zero-order chi connectivity index (χ0) is 40.1. The molecule has 0 saturated carbocycles. The van der Waals surface area contributed by atoms with Crippen molar-refractivity contribution >= 4 is 82.3 Å². The molecular weight excluding hydrogens is 725 g/mol. The zero-order valence-corrected chi connectivity index (χ0v) is 33.6. The quantitative estimate of drug-likeness (QED) is 0.159. The van der Waals surface area contributed by atoms with Crippen molar-refractivity contribution in [1.82, 2.24) is 0 Å². The first-order valence-corrected chi connectivity index (χ1v) is 20.9. The normalized spacial score (nSPS) is 13.5. The Morgan fingerprint density at radius 1 is 0.450 bits per heavy atom. The zero-order valence-electron chi connectivity index (χ0n) is 33.6. The van der Waals surface area contributed by atoms with E-state index in [1.165, 1.54) is 82.0 Å². The molecule has 1 nitrogen and oxygen atoms in total. The van der Waals surface area contributed by atoms with E-state index < -0.39 is 0 Å². The van der Waals surface area contributed by atoms with Crippen LogP contribution in [0.1, 0.15) is 41.7 Å². The van der Waals surface area contributed by atoms with Gasteiger partial charge in [-0.25, -0.2) is 0 Å². The van der Waals surface area contributed by atoms with E-state index >= 15 is 0 Å². The lowest BCUT2D eigenvalue weighted by atomic mass is 9.76. The van der Waals surface area contributed by atoms with Gasteiger partial charge in [-0.2, -0.15) is 0 Å². The summed E-state index contributed by atoms with van der Waals surface area (Å²) in [5.41, 5.74) is 14.9. The molecule has 0 N–H and O–H groups in total. The minimum absolute atomic E-state index is 0.188. The van der Waals surface area contributed by atoms with Gasteiger partial charge in [0.25, 0.3) is 0 Å². The number of hydrogen-bond donors (Lipinski definition) is 0. The number of rotatable bonds is 5. The van der Waals surface area contributed by atoms with Gasteiger partial charge in [0.1, 0.15) is 11.2 Å². The highest BCUT2D eigenvalue weighted by atomic mass is 16.3. The minimum Gasteiger partial charge on any atom is -0.456 e. The van der Waals surface area contributed by atoms with Gasteiger partial charge < -0.3 is 4.42 Å². The average Bonchev–Trinajstić information content (AvgIpc) is 3.79. The topological polar surface area (TPSA) is 13.1 Å². The first kappa shape index (κ1) is 34.6. The SMILES string of the molecule is C=C(c1ccc2cc(-c3c4ccccc4c(-c4cccc5ccccc45)c4ccccc34)ccc2c1)c1cc2c(cc1C1=Cc3ccccc3C1(C)C)oc1ccccc12. The summed E-state index contributed by atoms with van der Waals surface area (Å²) in [7, 11) is 0. The Morgan fingerprint density at radius 3 is 1.83 bits per heavy atom. The van der Waals surface area contributed by atoms with Gasteiger partial charge in [-0.1, -0.05) is 178 Å². The largest absolute Gasteiger partial charge is 0.456 e. The molecule has 11 aromatic rings. The van der Waals surface area contributed by atoms with Gasteiger partial charge in [0.15, 0.2) is 0 Å². The first-order chi connectivity index (χ1) is 29.4. The summed E-state index contributed by atoms with van der Waals surface area (Å²) in [4.78, 5) is 0. The van der Waals surface area contributed by atoms with Crippen LogP contribution in [-0.2, 0) is 5.41 Å². The number of allylic oxidation sites excluding steroid dienone is 1. The summed E-state index contributed by atoms with van der Waals surface area (Å²) >= 11 is 0. The first-order valence-electron chi connectivity index (χ1n) is 20.9. The molecule has 0 atom stereocenters. The van der Waals surface area contributed by atoms with Crippen LogP contribution in [-0.4, -0.2) is 0 Å². The molecule has 1 heterocycles. The third-order valence-corrected chi connectivity index (χ3v) is 13.2. The maximum atomic E-state index is 6.49. The van der Waals surface area contributed by atoms with Gasteiger partial charge in [0.2, 0.25) is 0 Å². The van der Waals surface area contributed by atoms with Crippen LogP contribution in [0, 0.1) is 0 Å². The van der Waals surface area contributed by atoms with Crippen LogP contribution in [0.2, 0.25) is 0 Å². The van der Waals surface area contributed by atoms with Crippen LogP contribution in [0.4, 0.5) is 0 Å². The Balaban J connectivity index is 1.01. The molecule has 60 heavy (non-hydrogen) atoms. The lowest BCUT2D eigenvalue weighted by Gasteiger charge is -2.27. The molecule has 1 heteroatoms. The number of benzene rings is 10. The number of furan rings is 1. The van der Waals surface area contributed by atoms with Gasteiger partial charge >= 0.3 is 0 Å². The third-order valence-electron chi connectivity index (χ3n) is 13.2. The number of hydrogen-bond acceptors (Lipinski definition) is 1. The predicted octanol–water partition coefficient (Wildman–Crippen LogP) is 16.4. The predicted molar refractivity (Wildman–Crippen MR) is 257 cm³/mol. The van der Waals surface area contributed by atoms with Crippen molar-refractivity contribution in [2.75, 3.05) is 0 Å². The van der Waals surface area contributed by atoms with Crippen LogP contribution < -0.4 is 0 Å². The highest BCUT2D eigenvalue weighted by Crippen LogP contribution is 2.50. The molecule has 0 spiro atoms. The molecule has 10 aromatic carbocycles. The van der Waals surface area contributed by atoms with Crippen molar-refractivity contribution in [2.24, 2.45) is 0 Å². The van der Waals surface area contributed by atoms with Gasteiger partial charge in [-0.3, -0.25) is 0 Å². The van der Waals surface area contributed by atoms with Crippen LogP contribution in [0.15, 0.2) is 199 Å². The highest BCUT2D eigenvalue weighted by Gasteiger charge is 2.35. The van der Waals surface area contributed by atoms with Crippen molar-refractivity contribution in [3.8, 4) is 22.3 Å². The molecule has 1 aromatic heterocycles. The molecule has 1 aliphatic carbocycles. The molecule has 0 bridgehead atoms. The smallest absolute Gasteiger partial charge is 0.136 e. The van der Waals surface area contributed by atoms with Crippen molar-refractivity contribution in [2.45, 2.75) is 19.3 Å². The molecule has 0 amide bonds. The molecule has 0 aliphatic heterocycles. The standard InChI is InChI=1S/C59H40O/c1-36(50-34-52-44-19-11-13-26-55(44)60-56(52)35-51(50)54-33-41-16-5-12-25-53(41)59(54,2)3)38-27-28-40-32-42(30-29-39(40)31-38)57-46-20-7-9-22-48(46)58(49-23-10-8-21-47(49)57)45-24-14-17-37-15-4-6-18-43(37)45/h4-35H,1H2,2-3H3. The van der Waals surface area contributed by atoms with Gasteiger partial charge in [-0.15, -0.1) is 0 Å². The van der Waals surface area contributed by atoms with Crippen molar-refractivity contribution < 1.29 is 4.42 Å². The summed E-state index contributed by atoms with van der Waals surface area (Å²) < 4.78 is 6.49. The second kappa shape index (κ2) is 13.0. The number of para-hydroxylation sites is 1. The van der Waals surface area contributed by atoms with Crippen molar-refractivity contribution in [3.63, 3.8) is 0 Å². The summed E-state index contributed by atoms with van der Waals surface area (Å²) in [5, 5.41) is 12.2. The van der Waals surface area contributed by atoms with Gasteiger partial charge in [0.05, 0.1) is 0 Å². The van der Waals surface area contributed by atoms with Crippen LogP contribution in [0.5, 0.6) is 0 Å². The Kier molecular flexibility index (Phi) is 7.49. The van der Waals surface area contributed by atoms with E-state index in [0.717, 1.165) is 44.2 Å². The number of fused-ring (bicyclic) bond motifs is 8. The molecular formula is C59H40O. The Hall–Kier alpha value is -7.48. The maximum absolute atomic E-state index is 6.49. The highest BCUT2D eigenvalue weighted by molar-refractivity contribution is 6.24. The van der Waals surface area contributed by atoms with E-state index in [1.54, 1.807) is 0 Å². The molecule has 282 valence electrons. The van der Waals surface area contributed by atoms with E-state index in [0.29, 0.717) is 0 Å². The molecule has 0 fully saturated rings. The minimum atomic E-state index is -0.188. The summed E-state index contributed by atoms with van der Waals surface area (Å²) in [5.74, 6) is 0. The Bertz CT molecular complexity index is 3580. The van der Waals surface area contributed by atoms with E-state index in [-0.39, 0.29) is 5.41 Å². The van der Waals surface area contributed by atoms with E-state index in [9.17, 15) is 0 Å². The second-order valence-electron chi connectivity index (χ2n) is 16.9. The molecule has 0 radical (unpaired) electrons. The second-order valence-corrected chi connectivity index (χ2v) is 16.9. The maximum Gasteiger partial charge on any atom is 0.136 e. The van der Waals surface area contributed by atoms with Crippen LogP contribution in [0.3, 0.4) is 0 Å². The molecule has 12 rings (SSSR count). The summed E-state index contributed by atoms with van der Waals surface area (Å²) in [6.07, 6.45) is 2.36. The fraction of sp³-hybridized carbons (Fsp3) is 0.0508. The third kappa shape index (κ3) is 5.12. The van der Waals surface area contributed by atoms with Gasteiger partial charge in [0, 0.05) is 16.2 Å². The average molecular weight is 765 g/mol. The molecule has 1 aliphatic rings. The fourth-order valence-corrected chi connectivity index (χ4v) is 10.2. The van der Waals surface area contributed by atoms with Crippen LogP contribution >= 0.6 is 0 Å². The Morgan fingerprint density at radius 2 is 1.07 bits per heavy atom. The molecule has 0 saturated heterocycles. The summed E-state index contributed by atoms with van der Waals surface area (Å²) in [6.45, 7) is 9.49. The van der Waals surface area contributed by atoms with Crippen molar-refractivity contribution in [3.05, 3.63) is 222 Å². The van der Waals surface area contributed by atoms with Crippen molar-refractivity contribution in [1.29, 1.82) is 0 Å². The summed E-state index contributed by atoms with van der Waals surface area (Å²) in [6, 6.07) is 68.7. The lowest BCUT2D eigenvalue weighted by Crippen LogP contribution is -2.17. The Labute approximate surface area is 349 Å². The van der Waals surface area contributed by atoms with E-state index in [1.807, 2.05) is 6.07 Å².